The summed E-state index contributed by atoms with van der Waals surface area (Å²) in [5, 5.41) is 9.77. The molecule has 132 valence electrons. The molecule has 2 heterocycles. The highest BCUT2D eigenvalue weighted by Gasteiger charge is 2.16. The van der Waals surface area contributed by atoms with Crippen molar-refractivity contribution in [2.45, 2.75) is 50.6 Å². The van der Waals surface area contributed by atoms with Crippen LogP contribution < -0.4 is 0 Å². The van der Waals surface area contributed by atoms with Gasteiger partial charge in [0.15, 0.2) is 11.0 Å². The van der Waals surface area contributed by atoms with E-state index in [0.717, 1.165) is 34.7 Å². The monoisotopic (exact) mass is 355 g/mol. The number of hydrogen-bond donors (Lipinski definition) is 0. The molecule has 0 spiro atoms. The molecule has 0 aliphatic heterocycles. The van der Waals surface area contributed by atoms with E-state index in [-0.39, 0.29) is 5.41 Å². The molecule has 0 saturated carbocycles. The fourth-order valence-corrected chi connectivity index (χ4v) is 3.68. The van der Waals surface area contributed by atoms with E-state index in [9.17, 15) is 0 Å². The summed E-state index contributed by atoms with van der Waals surface area (Å²) in [4.78, 5) is 4.37. The molecule has 0 fully saturated rings. The summed E-state index contributed by atoms with van der Waals surface area (Å²) in [6.45, 7) is 9.64. The van der Waals surface area contributed by atoms with Crippen molar-refractivity contribution in [2.24, 2.45) is 7.05 Å². The van der Waals surface area contributed by atoms with Crippen molar-refractivity contribution < 1.29 is 0 Å². The van der Waals surface area contributed by atoms with Crippen LogP contribution in [0.25, 0.3) is 11.4 Å². The Morgan fingerprint density at radius 3 is 2.36 bits per heavy atom. The Labute approximate surface area is 153 Å². The fourth-order valence-electron chi connectivity index (χ4n) is 2.68. The first-order valence-electron chi connectivity index (χ1n) is 8.53. The van der Waals surface area contributed by atoms with E-state index in [4.69, 9.17) is 0 Å². The van der Waals surface area contributed by atoms with E-state index in [1.54, 1.807) is 11.8 Å². The van der Waals surface area contributed by atoms with Gasteiger partial charge in [0.1, 0.15) is 5.82 Å². The summed E-state index contributed by atoms with van der Waals surface area (Å²) < 4.78 is 4.20. The van der Waals surface area contributed by atoms with Crippen LogP contribution in [0, 0.1) is 0 Å². The average molecular weight is 356 g/mol. The fraction of sp³-hybridized carbons (Fsp3) is 0.421. The van der Waals surface area contributed by atoms with Gasteiger partial charge in [-0.05, 0) is 17.9 Å². The Morgan fingerprint density at radius 2 is 1.80 bits per heavy atom. The molecule has 25 heavy (non-hydrogen) atoms. The molecule has 3 rings (SSSR count). The summed E-state index contributed by atoms with van der Waals surface area (Å²) >= 11 is 1.67. The molecule has 6 heteroatoms. The highest BCUT2D eigenvalue weighted by Crippen LogP contribution is 2.28. The van der Waals surface area contributed by atoms with Crippen LogP contribution in [0.3, 0.4) is 0 Å². The molecule has 0 atom stereocenters. The molecule has 0 N–H and O–H groups in total. The van der Waals surface area contributed by atoms with E-state index in [2.05, 4.69) is 71.7 Å². The zero-order chi connectivity index (χ0) is 18.0. The van der Waals surface area contributed by atoms with Crippen molar-refractivity contribution >= 4 is 11.8 Å². The van der Waals surface area contributed by atoms with Gasteiger partial charge in [0.2, 0.25) is 0 Å². The highest BCUT2D eigenvalue weighted by molar-refractivity contribution is 7.98. The minimum atomic E-state index is 0.153. The Hall–Kier alpha value is -2.08. The van der Waals surface area contributed by atoms with E-state index < -0.39 is 0 Å². The number of benzene rings is 1. The molecule has 3 aromatic rings. The smallest absolute Gasteiger partial charge is 0.191 e. The Balaban J connectivity index is 1.83. The molecule has 0 bridgehead atoms. The Kier molecular flexibility index (Phi) is 4.99. The summed E-state index contributed by atoms with van der Waals surface area (Å²) in [7, 11) is 2.01. The van der Waals surface area contributed by atoms with Crippen LogP contribution in [0.2, 0.25) is 0 Å². The maximum absolute atomic E-state index is 4.44. The minimum absolute atomic E-state index is 0.153. The first kappa shape index (κ1) is 17.7. The summed E-state index contributed by atoms with van der Waals surface area (Å²) in [5.74, 6) is 2.74. The Bertz CT molecular complexity index is 840. The number of imidazole rings is 1. The SMILES string of the molecule is CCn1c(SCc2nccn2C)nnc1-c1ccc(C(C)(C)C)cc1. The van der Waals surface area contributed by atoms with Crippen LogP contribution in [0.1, 0.15) is 39.1 Å². The van der Waals surface area contributed by atoms with Gasteiger partial charge in [-0.3, -0.25) is 0 Å². The number of thioether (sulfide) groups is 1. The summed E-state index contributed by atoms with van der Waals surface area (Å²) in [6.07, 6.45) is 3.78. The van der Waals surface area contributed by atoms with Gasteiger partial charge < -0.3 is 9.13 Å². The molecule has 1 aromatic carbocycles. The second-order valence-electron chi connectivity index (χ2n) is 7.12. The highest BCUT2D eigenvalue weighted by atomic mass is 32.2. The molecule has 2 aromatic heterocycles. The largest absolute Gasteiger partial charge is 0.337 e. The third-order valence-electron chi connectivity index (χ3n) is 4.29. The van der Waals surface area contributed by atoms with Crippen LogP contribution in [-0.4, -0.2) is 24.3 Å². The summed E-state index contributed by atoms with van der Waals surface area (Å²) in [6, 6.07) is 8.66. The van der Waals surface area contributed by atoms with Gasteiger partial charge in [-0.15, -0.1) is 10.2 Å². The third-order valence-corrected chi connectivity index (χ3v) is 5.26. The lowest BCUT2D eigenvalue weighted by Gasteiger charge is -2.19. The number of nitrogens with zero attached hydrogens (tertiary/aromatic N) is 5. The molecule has 0 saturated heterocycles. The standard InChI is InChI=1S/C19H25N5S/c1-6-24-17(14-7-9-15(10-8-14)19(2,3)4)21-22-18(24)25-13-16-20-11-12-23(16)5/h7-12H,6,13H2,1-5H3. The molecule has 0 aliphatic carbocycles. The molecule has 0 radical (unpaired) electrons. The maximum atomic E-state index is 4.44. The summed E-state index contributed by atoms with van der Waals surface area (Å²) in [5.41, 5.74) is 2.58. The van der Waals surface area contributed by atoms with E-state index in [1.165, 1.54) is 5.56 Å². The number of rotatable bonds is 5. The lowest BCUT2D eigenvalue weighted by molar-refractivity contribution is 0.590. The van der Waals surface area contributed by atoms with Crippen LogP contribution in [-0.2, 0) is 24.8 Å². The number of hydrogen-bond acceptors (Lipinski definition) is 4. The van der Waals surface area contributed by atoms with Gasteiger partial charge in [0.25, 0.3) is 0 Å². The van der Waals surface area contributed by atoms with Crippen LogP contribution >= 0.6 is 11.8 Å². The quantitative estimate of drug-likeness (QED) is 0.641. The predicted octanol–water partition coefficient (Wildman–Crippen LogP) is 4.29. The second-order valence-corrected chi connectivity index (χ2v) is 8.06. The van der Waals surface area contributed by atoms with Crippen molar-refractivity contribution in [3.05, 3.63) is 48.0 Å². The first-order valence-corrected chi connectivity index (χ1v) is 9.52. The van der Waals surface area contributed by atoms with Gasteiger partial charge in [-0.2, -0.15) is 0 Å². The van der Waals surface area contributed by atoms with Crippen molar-refractivity contribution in [1.82, 2.24) is 24.3 Å². The van der Waals surface area contributed by atoms with E-state index in [1.807, 2.05) is 24.0 Å². The molecular formula is C19H25N5S. The zero-order valence-corrected chi connectivity index (χ0v) is 16.3. The molecular weight excluding hydrogens is 330 g/mol. The molecule has 5 nitrogen and oxygen atoms in total. The van der Waals surface area contributed by atoms with Gasteiger partial charge in [0.05, 0.1) is 5.75 Å². The average Bonchev–Trinajstić information content (AvgIpc) is 3.17. The van der Waals surface area contributed by atoms with Crippen molar-refractivity contribution in [1.29, 1.82) is 0 Å². The molecule has 0 aliphatic rings. The Morgan fingerprint density at radius 1 is 1.08 bits per heavy atom. The number of aromatic nitrogens is 5. The lowest BCUT2D eigenvalue weighted by atomic mass is 9.87. The van der Waals surface area contributed by atoms with Crippen molar-refractivity contribution in [3.8, 4) is 11.4 Å². The second kappa shape index (κ2) is 7.04. The lowest BCUT2D eigenvalue weighted by Crippen LogP contribution is -2.10. The van der Waals surface area contributed by atoms with Crippen molar-refractivity contribution in [3.63, 3.8) is 0 Å². The van der Waals surface area contributed by atoms with Gasteiger partial charge in [-0.25, -0.2) is 4.98 Å². The number of aryl methyl sites for hydroxylation is 1. The third kappa shape index (κ3) is 3.79. The van der Waals surface area contributed by atoms with Crippen LogP contribution in [0.4, 0.5) is 0 Å². The normalized spacial score (nSPS) is 11.9. The van der Waals surface area contributed by atoms with E-state index in [0.29, 0.717) is 0 Å². The topological polar surface area (TPSA) is 48.5 Å². The van der Waals surface area contributed by atoms with Gasteiger partial charge >= 0.3 is 0 Å². The van der Waals surface area contributed by atoms with E-state index >= 15 is 0 Å². The van der Waals surface area contributed by atoms with Gasteiger partial charge in [-0.1, -0.05) is 56.8 Å². The minimum Gasteiger partial charge on any atom is -0.337 e. The van der Waals surface area contributed by atoms with Gasteiger partial charge in [0, 0.05) is 31.5 Å². The molecule has 0 unspecified atom stereocenters. The molecule has 0 amide bonds. The zero-order valence-electron chi connectivity index (χ0n) is 15.5. The van der Waals surface area contributed by atoms with Crippen molar-refractivity contribution in [2.75, 3.05) is 0 Å². The van der Waals surface area contributed by atoms with Crippen LogP contribution in [0.5, 0.6) is 0 Å². The maximum Gasteiger partial charge on any atom is 0.191 e. The first-order chi connectivity index (χ1) is 11.9. The van der Waals surface area contributed by atoms with Crippen LogP contribution in [0.15, 0.2) is 41.8 Å². The predicted molar refractivity (Wildman–Crippen MR) is 103 cm³/mol.